The van der Waals surface area contributed by atoms with Gasteiger partial charge in [-0.2, -0.15) is 21.0 Å². The van der Waals surface area contributed by atoms with Crippen LogP contribution in [0.1, 0.15) is 38.5 Å². The van der Waals surface area contributed by atoms with E-state index in [9.17, 15) is 0 Å². The molecular formula is C18H20N4. The van der Waals surface area contributed by atoms with Crippen molar-refractivity contribution in [2.75, 3.05) is 0 Å². The number of nitrogens with zero attached hydrogens (tertiary/aromatic N) is 4. The van der Waals surface area contributed by atoms with Crippen LogP contribution in [0, 0.1) is 92.7 Å². The van der Waals surface area contributed by atoms with Crippen LogP contribution in [0.5, 0.6) is 0 Å². The Bertz CT molecular complexity index is 497. The summed E-state index contributed by atoms with van der Waals surface area (Å²) in [6.45, 7) is 0. The molecule has 0 N–H and O–H groups in total. The van der Waals surface area contributed by atoms with E-state index in [0.29, 0.717) is 23.7 Å². The molecule has 0 saturated heterocycles. The number of hydrogen-bond acceptors (Lipinski definition) is 4. The molecule has 4 aliphatic rings. The lowest BCUT2D eigenvalue weighted by atomic mass is 9.82. The van der Waals surface area contributed by atoms with Gasteiger partial charge >= 0.3 is 0 Å². The van der Waals surface area contributed by atoms with Crippen molar-refractivity contribution < 1.29 is 0 Å². The molecule has 4 saturated carbocycles. The molecule has 0 aromatic carbocycles. The maximum atomic E-state index is 8.74. The molecule has 4 fully saturated rings. The lowest BCUT2D eigenvalue weighted by molar-refractivity contribution is 0.337. The van der Waals surface area contributed by atoms with Gasteiger partial charge in [0.05, 0.1) is 47.9 Å². The molecule has 0 aromatic heterocycles. The maximum Gasteiger partial charge on any atom is 0.0659 e. The van der Waals surface area contributed by atoms with E-state index < -0.39 is 0 Å². The van der Waals surface area contributed by atoms with Gasteiger partial charge in [-0.25, -0.2) is 0 Å². The molecule has 4 aliphatic carbocycles. The van der Waals surface area contributed by atoms with Crippen molar-refractivity contribution in [3.8, 4) is 24.3 Å². The molecule has 0 radical (unpaired) electrons. The first kappa shape index (κ1) is 14.9. The lowest BCUT2D eigenvalue weighted by Gasteiger charge is -2.18. The van der Waals surface area contributed by atoms with Crippen molar-refractivity contribution in [3.05, 3.63) is 0 Å². The van der Waals surface area contributed by atoms with E-state index in [1.54, 1.807) is 0 Å². The molecule has 112 valence electrons. The minimum atomic E-state index is 0.193. The Morgan fingerprint density at radius 3 is 0.909 bits per heavy atom. The quantitative estimate of drug-likeness (QED) is 0.683. The Labute approximate surface area is 131 Å². The predicted molar refractivity (Wildman–Crippen MR) is 78.1 cm³/mol. The fraction of sp³-hybridized carbons (Fsp3) is 0.778. The highest BCUT2D eigenvalue weighted by atomic mass is 14.5. The average molecular weight is 292 g/mol. The highest BCUT2D eigenvalue weighted by Crippen LogP contribution is 2.52. The van der Waals surface area contributed by atoms with E-state index in [1.165, 1.54) is 0 Å². The van der Waals surface area contributed by atoms with Crippen LogP contribution in [0.15, 0.2) is 0 Å². The maximum absolute atomic E-state index is 8.74. The summed E-state index contributed by atoms with van der Waals surface area (Å²) in [5.74, 6) is 2.97. The van der Waals surface area contributed by atoms with Crippen LogP contribution in [0.2, 0.25) is 0 Å². The zero-order chi connectivity index (χ0) is 15.7. The summed E-state index contributed by atoms with van der Waals surface area (Å²) in [4.78, 5) is 0. The zero-order valence-corrected chi connectivity index (χ0v) is 12.7. The van der Waals surface area contributed by atoms with Gasteiger partial charge in [0.1, 0.15) is 0 Å². The SMILES string of the molecule is N#CC1CC2CC(C#N)C1C2.N#CC1CC2CC(C#N)C1C2. The monoisotopic (exact) mass is 292 g/mol. The topological polar surface area (TPSA) is 95.2 Å². The van der Waals surface area contributed by atoms with Gasteiger partial charge in [0.25, 0.3) is 0 Å². The molecule has 22 heavy (non-hydrogen) atoms. The second kappa shape index (κ2) is 5.99. The molecule has 0 amide bonds. The number of fused-ring (bicyclic) bond motifs is 4. The molecule has 4 bridgehead atoms. The van der Waals surface area contributed by atoms with Gasteiger partial charge in [-0.05, 0) is 62.2 Å². The highest BCUT2D eigenvalue weighted by Gasteiger charge is 2.47. The van der Waals surface area contributed by atoms with Crippen LogP contribution in [-0.2, 0) is 0 Å². The van der Waals surface area contributed by atoms with Crippen LogP contribution in [0.25, 0.3) is 0 Å². The van der Waals surface area contributed by atoms with Crippen LogP contribution in [-0.4, -0.2) is 0 Å². The fourth-order valence-electron chi connectivity index (χ4n) is 5.29. The third kappa shape index (κ3) is 2.45. The summed E-state index contributed by atoms with van der Waals surface area (Å²) in [6, 6.07) is 9.23. The standard InChI is InChI=1S/2C9H10N2/c2*10-4-7-1-6-2-8(5-11)9(7)3-6/h2*6-9H,1-3H2. The van der Waals surface area contributed by atoms with Crippen LogP contribution in [0.4, 0.5) is 0 Å². The van der Waals surface area contributed by atoms with Crippen molar-refractivity contribution in [3.63, 3.8) is 0 Å². The van der Waals surface area contributed by atoms with Gasteiger partial charge in [0.2, 0.25) is 0 Å². The van der Waals surface area contributed by atoms with E-state index in [-0.39, 0.29) is 23.7 Å². The summed E-state index contributed by atoms with van der Waals surface area (Å²) in [6.07, 6.45) is 6.49. The van der Waals surface area contributed by atoms with Gasteiger partial charge in [0, 0.05) is 0 Å². The molecule has 4 heteroatoms. The summed E-state index contributed by atoms with van der Waals surface area (Å²) in [7, 11) is 0. The van der Waals surface area contributed by atoms with E-state index in [0.717, 1.165) is 38.5 Å². The van der Waals surface area contributed by atoms with Crippen LogP contribution >= 0.6 is 0 Å². The van der Waals surface area contributed by atoms with Gasteiger partial charge in [-0.1, -0.05) is 0 Å². The molecule has 4 atom stereocenters. The first-order chi connectivity index (χ1) is 10.7. The van der Waals surface area contributed by atoms with Crippen molar-refractivity contribution in [2.24, 2.45) is 47.3 Å². The van der Waals surface area contributed by atoms with Gasteiger partial charge in [0.15, 0.2) is 0 Å². The first-order valence-corrected chi connectivity index (χ1v) is 8.28. The van der Waals surface area contributed by atoms with E-state index >= 15 is 0 Å². The second-order valence-corrected chi connectivity index (χ2v) is 7.42. The number of rotatable bonds is 0. The molecule has 0 spiro atoms. The van der Waals surface area contributed by atoms with Crippen molar-refractivity contribution in [1.82, 2.24) is 0 Å². The third-order valence-corrected chi connectivity index (χ3v) is 6.29. The van der Waals surface area contributed by atoms with Gasteiger partial charge in [-0.15, -0.1) is 0 Å². The zero-order valence-electron chi connectivity index (χ0n) is 12.7. The van der Waals surface area contributed by atoms with E-state index in [2.05, 4.69) is 24.3 Å². The van der Waals surface area contributed by atoms with Crippen LogP contribution in [0.3, 0.4) is 0 Å². The molecule has 0 aromatic rings. The minimum absolute atomic E-state index is 0.193. The van der Waals surface area contributed by atoms with E-state index in [1.807, 2.05) is 0 Å². The Hall–Kier alpha value is -2.04. The number of hydrogen-bond donors (Lipinski definition) is 0. The molecular weight excluding hydrogens is 272 g/mol. The minimum Gasteiger partial charge on any atom is -0.198 e. The van der Waals surface area contributed by atoms with Gasteiger partial charge < -0.3 is 0 Å². The second-order valence-electron chi connectivity index (χ2n) is 7.42. The summed E-state index contributed by atoms with van der Waals surface area (Å²) < 4.78 is 0. The summed E-state index contributed by atoms with van der Waals surface area (Å²) in [5, 5.41) is 35.0. The Balaban J connectivity index is 0.000000131. The first-order valence-electron chi connectivity index (χ1n) is 8.28. The molecule has 0 heterocycles. The van der Waals surface area contributed by atoms with Crippen LogP contribution < -0.4 is 0 Å². The van der Waals surface area contributed by atoms with Crippen molar-refractivity contribution in [2.45, 2.75) is 38.5 Å². The van der Waals surface area contributed by atoms with Gasteiger partial charge in [-0.3, -0.25) is 0 Å². The highest BCUT2D eigenvalue weighted by molar-refractivity contribution is 5.09. The smallest absolute Gasteiger partial charge is 0.0659 e. The Kier molecular flexibility index (Phi) is 4.05. The number of nitriles is 4. The molecule has 0 aliphatic heterocycles. The third-order valence-electron chi connectivity index (χ3n) is 6.29. The summed E-state index contributed by atoms with van der Waals surface area (Å²) >= 11 is 0. The molecule has 4 nitrogen and oxygen atoms in total. The van der Waals surface area contributed by atoms with E-state index in [4.69, 9.17) is 21.0 Å². The lowest BCUT2D eigenvalue weighted by Crippen LogP contribution is -2.17. The largest absolute Gasteiger partial charge is 0.198 e. The van der Waals surface area contributed by atoms with Crippen molar-refractivity contribution >= 4 is 0 Å². The van der Waals surface area contributed by atoms with Crippen molar-refractivity contribution in [1.29, 1.82) is 21.0 Å². The normalized spacial score (nSPS) is 46.7. The predicted octanol–water partition coefficient (Wildman–Crippen LogP) is 3.39. The fourth-order valence-corrected chi connectivity index (χ4v) is 5.29. The average Bonchev–Trinajstić information content (AvgIpc) is 3.32. The Morgan fingerprint density at radius 2 is 0.727 bits per heavy atom. The summed E-state index contributed by atoms with van der Waals surface area (Å²) in [5.41, 5.74) is 0. The Morgan fingerprint density at radius 1 is 0.455 bits per heavy atom. The molecule has 4 rings (SSSR count). The molecule has 4 unspecified atom stereocenters.